The Kier molecular flexibility index (Phi) is 7.57. The minimum atomic E-state index is -0.197. The normalized spacial score (nSPS) is 11.2. The van der Waals surface area contributed by atoms with Crippen LogP contribution in [0.1, 0.15) is 16.8 Å². The zero-order valence-corrected chi connectivity index (χ0v) is 20.4. The summed E-state index contributed by atoms with van der Waals surface area (Å²) in [5.74, 6) is 1.13. The highest BCUT2D eigenvalue weighted by atomic mass is 79.9. The van der Waals surface area contributed by atoms with Gasteiger partial charge in [0, 0.05) is 11.0 Å². The summed E-state index contributed by atoms with van der Waals surface area (Å²) >= 11 is 11.2. The molecule has 0 aliphatic rings. The summed E-state index contributed by atoms with van der Waals surface area (Å²) in [7, 11) is 7.22. The van der Waals surface area contributed by atoms with Crippen molar-refractivity contribution in [3.8, 4) is 11.5 Å². The van der Waals surface area contributed by atoms with Gasteiger partial charge in [-0.3, -0.25) is 9.69 Å². The predicted octanol–water partition coefficient (Wildman–Crippen LogP) is 5.33. The molecule has 0 aliphatic carbocycles. The van der Waals surface area contributed by atoms with Crippen molar-refractivity contribution in [2.75, 3.05) is 46.3 Å². The SMILES string of the molecule is COc1ccc(OC)c2sc(N(CCCN(C)C)C(=O)c3cc(Br)ccc3Cl)nc12. The molecule has 0 radical (unpaired) electrons. The van der Waals surface area contributed by atoms with Crippen LogP contribution >= 0.6 is 38.9 Å². The van der Waals surface area contributed by atoms with Crippen molar-refractivity contribution in [1.82, 2.24) is 9.88 Å². The summed E-state index contributed by atoms with van der Waals surface area (Å²) in [5.41, 5.74) is 1.09. The Balaban J connectivity index is 2.08. The summed E-state index contributed by atoms with van der Waals surface area (Å²) in [5, 5.41) is 0.977. The lowest BCUT2D eigenvalue weighted by molar-refractivity contribution is 0.0986. The molecule has 3 aromatic rings. The Hall–Kier alpha value is -1.87. The van der Waals surface area contributed by atoms with E-state index in [0.717, 1.165) is 22.1 Å². The lowest BCUT2D eigenvalue weighted by Crippen LogP contribution is -2.33. The lowest BCUT2D eigenvalue weighted by atomic mass is 10.2. The van der Waals surface area contributed by atoms with Crippen LogP contribution in [0.2, 0.25) is 5.02 Å². The van der Waals surface area contributed by atoms with E-state index < -0.39 is 0 Å². The summed E-state index contributed by atoms with van der Waals surface area (Å²) < 4.78 is 12.6. The molecule has 2 aromatic carbocycles. The fourth-order valence-corrected chi connectivity index (χ4v) is 4.68. The third-order valence-electron chi connectivity index (χ3n) is 4.52. The zero-order valence-electron chi connectivity index (χ0n) is 17.2. The number of hydrogen-bond acceptors (Lipinski definition) is 6. The van der Waals surface area contributed by atoms with Crippen LogP contribution in [0, 0.1) is 0 Å². The van der Waals surface area contributed by atoms with E-state index in [-0.39, 0.29) is 5.91 Å². The third kappa shape index (κ3) is 4.88. The van der Waals surface area contributed by atoms with Gasteiger partial charge < -0.3 is 14.4 Å². The number of benzene rings is 2. The van der Waals surface area contributed by atoms with Crippen molar-refractivity contribution in [2.45, 2.75) is 6.42 Å². The Morgan fingerprint density at radius 3 is 2.50 bits per heavy atom. The summed E-state index contributed by atoms with van der Waals surface area (Å²) in [6, 6.07) is 8.91. The molecule has 0 unspecified atom stereocenters. The number of anilines is 1. The van der Waals surface area contributed by atoms with Crippen LogP contribution < -0.4 is 14.4 Å². The fraction of sp³-hybridized carbons (Fsp3) is 0.333. The lowest BCUT2D eigenvalue weighted by Gasteiger charge is -2.21. The molecule has 1 aromatic heterocycles. The highest BCUT2D eigenvalue weighted by Crippen LogP contribution is 2.40. The second-order valence-electron chi connectivity index (χ2n) is 6.88. The van der Waals surface area contributed by atoms with Crippen molar-refractivity contribution in [3.05, 3.63) is 45.4 Å². The van der Waals surface area contributed by atoms with Gasteiger partial charge in [0.25, 0.3) is 5.91 Å². The molecule has 9 heteroatoms. The van der Waals surface area contributed by atoms with E-state index in [0.29, 0.717) is 39.3 Å². The first kappa shape index (κ1) is 22.8. The zero-order chi connectivity index (χ0) is 21.8. The molecule has 6 nitrogen and oxygen atoms in total. The quantitative estimate of drug-likeness (QED) is 0.408. The first-order valence-corrected chi connectivity index (χ1v) is 11.3. The minimum Gasteiger partial charge on any atom is -0.495 e. The second-order valence-corrected chi connectivity index (χ2v) is 9.18. The molecule has 30 heavy (non-hydrogen) atoms. The maximum Gasteiger partial charge on any atom is 0.261 e. The molecule has 0 N–H and O–H groups in total. The van der Waals surface area contributed by atoms with E-state index in [9.17, 15) is 4.79 Å². The van der Waals surface area contributed by atoms with Crippen LogP contribution in [-0.2, 0) is 0 Å². The number of nitrogens with zero attached hydrogens (tertiary/aromatic N) is 3. The molecule has 0 bridgehead atoms. The molecule has 0 saturated carbocycles. The standard InChI is InChI=1S/C21H23BrClN3O3S/c1-25(2)10-5-11-26(20(27)14-12-13(22)6-7-15(14)23)21-24-18-16(28-3)8-9-17(29-4)19(18)30-21/h6-9,12H,5,10-11H2,1-4H3. The van der Waals surface area contributed by atoms with Crippen LogP contribution in [-0.4, -0.2) is 57.2 Å². The Morgan fingerprint density at radius 2 is 1.83 bits per heavy atom. The number of ether oxygens (including phenoxy) is 2. The molecule has 1 amide bonds. The molecule has 0 fully saturated rings. The van der Waals surface area contributed by atoms with Gasteiger partial charge in [0.15, 0.2) is 5.13 Å². The number of aromatic nitrogens is 1. The predicted molar refractivity (Wildman–Crippen MR) is 127 cm³/mol. The molecule has 1 heterocycles. The first-order chi connectivity index (χ1) is 14.3. The molecule has 0 saturated heterocycles. The summed E-state index contributed by atoms with van der Waals surface area (Å²) in [6.45, 7) is 1.35. The molecule has 0 spiro atoms. The number of thiazole rings is 1. The van der Waals surface area contributed by atoms with Crippen LogP contribution in [0.5, 0.6) is 11.5 Å². The average molecular weight is 513 g/mol. The van der Waals surface area contributed by atoms with Gasteiger partial charge in [0.05, 0.1) is 24.8 Å². The van der Waals surface area contributed by atoms with E-state index in [4.69, 9.17) is 26.1 Å². The van der Waals surface area contributed by atoms with Crippen molar-refractivity contribution in [1.29, 1.82) is 0 Å². The van der Waals surface area contributed by atoms with Gasteiger partial charge in [-0.2, -0.15) is 0 Å². The molecule has 0 aliphatic heterocycles. The number of halogens is 2. The number of rotatable bonds is 8. The van der Waals surface area contributed by atoms with Gasteiger partial charge in [0.2, 0.25) is 0 Å². The number of hydrogen-bond donors (Lipinski definition) is 0. The number of carbonyl (C=O) groups excluding carboxylic acids is 1. The van der Waals surface area contributed by atoms with E-state index in [1.54, 1.807) is 31.3 Å². The fourth-order valence-electron chi connectivity index (χ4n) is 3.03. The van der Waals surface area contributed by atoms with Crippen molar-refractivity contribution in [3.63, 3.8) is 0 Å². The maximum absolute atomic E-state index is 13.5. The third-order valence-corrected chi connectivity index (χ3v) is 6.44. The number of carbonyl (C=O) groups is 1. The van der Waals surface area contributed by atoms with Gasteiger partial charge in [-0.05, 0) is 57.4 Å². The van der Waals surface area contributed by atoms with Crippen molar-refractivity contribution >= 4 is 60.1 Å². The monoisotopic (exact) mass is 511 g/mol. The van der Waals surface area contributed by atoms with Crippen LogP contribution in [0.4, 0.5) is 5.13 Å². The maximum atomic E-state index is 13.5. The topological polar surface area (TPSA) is 54.9 Å². The first-order valence-electron chi connectivity index (χ1n) is 9.29. The van der Waals surface area contributed by atoms with Crippen LogP contribution in [0.15, 0.2) is 34.8 Å². The van der Waals surface area contributed by atoms with E-state index in [1.807, 2.05) is 32.3 Å². The van der Waals surface area contributed by atoms with Gasteiger partial charge in [-0.15, -0.1) is 0 Å². The highest BCUT2D eigenvalue weighted by Gasteiger charge is 2.25. The molecule has 3 rings (SSSR count). The van der Waals surface area contributed by atoms with Gasteiger partial charge >= 0.3 is 0 Å². The molecule has 160 valence electrons. The number of amides is 1. The number of fused-ring (bicyclic) bond motifs is 1. The van der Waals surface area contributed by atoms with Gasteiger partial charge in [-0.1, -0.05) is 38.9 Å². The minimum absolute atomic E-state index is 0.197. The van der Waals surface area contributed by atoms with E-state index in [2.05, 4.69) is 20.8 Å². The van der Waals surface area contributed by atoms with E-state index in [1.165, 1.54) is 11.3 Å². The van der Waals surface area contributed by atoms with E-state index >= 15 is 0 Å². The summed E-state index contributed by atoms with van der Waals surface area (Å²) in [6.07, 6.45) is 0.786. The highest BCUT2D eigenvalue weighted by molar-refractivity contribution is 9.10. The Morgan fingerprint density at radius 1 is 1.13 bits per heavy atom. The van der Waals surface area contributed by atoms with Crippen LogP contribution in [0.25, 0.3) is 10.2 Å². The smallest absolute Gasteiger partial charge is 0.261 e. The summed E-state index contributed by atoms with van der Waals surface area (Å²) in [4.78, 5) is 22.0. The van der Waals surface area contributed by atoms with Gasteiger partial charge in [0.1, 0.15) is 21.7 Å². The average Bonchev–Trinajstić information content (AvgIpc) is 3.16. The Labute approximate surface area is 193 Å². The van der Waals surface area contributed by atoms with Crippen molar-refractivity contribution < 1.29 is 14.3 Å². The molecular weight excluding hydrogens is 490 g/mol. The van der Waals surface area contributed by atoms with Gasteiger partial charge in [-0.25, -0.2) is 4.98 Å². The second kappa shape index (κ2) is 9.96. The van der Waals surface area contributed by atoms with Crippen LogP contribution in [0.3, 0.4) is 0 Å². The van der Waals surface area contributed by atoms with Crippen molar-refractivity contribution in [2.24, 2.45) is 0 Å². The molecular formula is C21H23BrClN3O3S. The largest absolute Gasteiger partial charge is 0.495 e. The number of methoxy groups -OCH3 is 2. The Bertz CT molecular complexity index is 1020. The molecule has 0 atom stereocenters.